The van der Waals surface area contributed by atoms with Gasteiger partial charge in [-0.3, -0.25) is 4.98 Å². The number of aryl methyl sites for hydroxylation is 1. The standard InChI is InChI=1S/C16H18N2S/c1-2-14-6-8-16(19-14)13-5-7-15(18-11-13)12-4-3-9-17-10-12/h4-8,11,17H,2-3,9-10H2,1H3. The van der Waals surface area contributed by atoms with Gasteiger partial charge in [-0.15, -0.1) is 11.3 Å². The van der Waals surface area contributed by atoms with Gasteiger partial charge in [-0.2, -0.15) is 0 Å². The first-order valence-corrected chi connectivity index (χ1v) is 7.63. The summed E-state index contributed by atoms with van der Waals surface area (Å²) in [5.41, 5.74) is 3.64. The summed E-state index contributed by atoms with van der Waals surface area (Å²) < 4.78 is 0. The molecule has 3 heteroatoms. The van der Waals surface area contributed by atoms with Crippen molar-refractivity contribution in [3.8, 4) is 10.4 Å². The number of nitrogens with zero attached hydrogens (tertiary/aromatic N) is 1. The van der Waals surface area contributed by atoms with Crippen LogP contribution in [0.3, 0.4) is 0 Å². The second-order valence-electron chi connectivity index (χ2n) is 4.75. The topological polar surface area (TPSA) is 24.9 Å². The Labute approximate surface area is 118 Å². The molecule has 0 bridgehead atoms. The maximum atomic E-state index is 4.61. The Morgan fingerprint density at radius 3 is 2.84 bits per heavy atom. The van der Waals surface area contributed by atoms with Gasteiger partial charge in [-0.25, -0.2) is 0 Å². The van der Waals surface area contributed by atoms with Crippen LogP contribution in [0.15, 0.2) is 36.5 Å². The fourth-order valence-corrected chi connectivity index (χ4v) is 3.23. The van der Waals surface area contributed by atoms with E-state index in [0.717, 1.165) is 31.6 Å². The highest BCUT2D eigenvalue weighted by atomic mass is 32.1. The lowest BCUT2D eigenvalue weighted by Gasteiger charge is -2.13. The largest absolute Gasteiger partial charge is 0.312 e. The van der Waals surface area contributed by atoms with E-state index in [9.17, 15) is 0 Å². The highest BCUT2D eigenvalue weighted by Gasteiger charge is 2.08. The van der Waals surface area contributed by atoms with Crippen molar-refractivity contribution in [2.75, 3.05) is 13.1 Å². The molecule has 0 fully saturated rings. The molecule has 0 unspecified atom stereocenters. The van der Waals surface area contributed by atoms with Crippen molar-refractivity contribution in [2.45, 2.75) is 19.8 Å². The first-order chi connectivity index (χ1) is 9.36. The summed E-state index contributed by atoms with van der Waals surface area (Å²) in [6.07, 6.45) is 6.49. The maximum Gasteiger partial charge on any atom is 0.0671 e. The van der Waals surface area contributed by atoms with Gasteiger partial charge in [0.25, 0.3) is 0 Å². The van der Waals surface area contributed by atoms with E-state index in [2.05, 4.69) is 47.6 Å². The number of thiophene rings is 1. The predicted molar refractivity (Wildman–Crippen MR) is 82.4 cm³/mol. The number of aromatic nitrogens is 1. The Hall–Kier alpha value is -1.45. The van der Waals surface area contributed by atoms with Gasteiger partial charge < -0.3 is 5.32 Å². The Balaban J connectivity index is 1.84. The van der Waals surface area contributed by atoms with E-state index in [1.807, 2.05) is 17.5 Å². The zero-order chi connectivity index (χ0) is 13.1. The van der Waals surface area contributed by atoms with E-state index >= 15 is 0 Å². The second-order valence-corrected chi connectivity index (χ2v) is 5.91. The third-order valence-corrected chi connectivity index (χ3v) is 4.69. The Bertz CT molecular complexity index is 581. The molecule has 2 nitrogen and oxygen atoms in total. The SMILES string of the molecule is CCc1ccc(-c2ccc(C3=CCCNC3)nc2)s1. The first kappa shape index (κ1) is 12.6. The van der Waals surface area contributed by atoms with Crippen molar-refractivity contribution in [1.82, 2.24) is 10.3 Å². The molecule has 2 aromatic heterocycles. The summed E-state index contributed by atoms with van der Waals surface area (Å²) >= 11 is 1.86. The molecule has 98 valence electrons. The molecule has 0 radical (unpaired) electrons. The number of hydrogen-bond donors (Lipinski definition) is 1. The summed E-state index contributed by atoms with van der Waals surface area (Å²) in [5.74, 6) is 0. The van der Waals surface area contributed by atoms with E-state index in [1.165, 1.54) is 20.9 Å². The molecule has 3 rings (SSSR count). The van der Waals surface area contributed by atoms with Crippen LogP contribution in [0, 0.1) is 0 Å². The highest BCUT2D eigenvalue weighted by Crippen LogP contribution is 2.28. The number of rotatable bonds is 3. The second kappa shape index (κ2) is 5.68. The van der Waals surface area contributed by atoms with E-state index in [-0.39, 0.29) is 0 Å². The number of hydrogen-bond acceptors (Lipinski definition) is 3. The molecule has 1 N–H and O–H groups in total. The van der Waals surface area contributed by atoms with Crippen molar-refractivity contribution in [3.05, 3.63) is 47.1 Å². The minimum atomic E-state index is 0.936. The smallest absolute Gasteiger partial charge is 0.0671 e. The van der Waals surface area contributed by atoms with Crippen LogP contribution in [-0.2, 0) is 6.42 Å². The van der Waals surface area contributed by atoms with Crippen molar-refractivity contribution in [3.63, 3.8) is 0 Å². The maximum absolute atomic E-state index is 4.61. The van der Waals surface area contributed by atoms with E-state index < -0.39 is 0 Å². The van der Waals surface area contributed by atoms with Gasteiger partial charge in [0, 0.05) is 28.1 Å². The third kappa shape index (κ3) is 2.77. The van der Waals surface area contributed by atoms with Crippen molar-refractivity contribution < 1.29 is 0 Å². The molecule has 19 heavy (non-hydrogen) atoms. The minimum absolute atomic E-state index is 0.936. The van der Waals surface area contributed by atoms with Crippen LogP contribution in [0.4, 0.5) is 0 Å². The summed E-state index contributed by atoms with van der Waals surface area (Å²) in [7, 11) is 0. The van der Waals surface area contributed by atoms with Crippen LogP contribution in [0.2, 0.25) is 0 Å². The van der Waals surface area contributed by atoms with Crippen LogP contribution in [0.25, 0.3) is 16.0 Å². The summed E-state index contributed by atoms with van der Waals surface area (Å²) in [6, 6.07) is 8.73. The molecule has 0 amide bonds. The average Bonchev–Trinajstić information content (AvgIpc) is 2.97. The third-order valence-electron chi connectivity index (χ3n) is 3.41. The summed E-state index contributed by atoms with van der Waals surface area (Å²) in [4.78, 5) is 7.35. The molecular formula is C16H18N2S. The lowest BCUT2D eigenvalue weighted by atomic mass is 10.1. The summed E-state index contributed by atoms with van der Waals surface area (Å²) in [6.45, 7) is 4.21. The van der Waals surface area contributed by atoms with Gasteiger partial charge in [-0.1, -0.05) is 13.0 Å². The molecule has 1 aliphatic rings. The zero-order valence-electron chi connectivity index (χ0n) is 11.1. The molecule has 0 atom stereocenters. The quantitative estimate of drug-likeness (QED) is 0.919. The fraction of sp³-hybridized carbons (Fsp3) is 0.312. The molecule has 0 saturated carbocycles. The van der Waals surface area contributed by atoms with Crippen LogP contribution in [0.5, 0.6) is 0 Å². The van der Waals surface area contributed by atoms with E-state index in [4.69, 9.17) is 0 Å². The molecule has 3 heterocycles. The molecule has 2 aromatic rings. The molecule has 0 aliphatic carbocycles. The number of pyridine rings is 1. The van der Waals surface area contributed by atoms with E-state index in [1.54, 1.807) is 0 Å². The molecule has 1 aliphatic heterocycles. The highest BCUT2D eigenvalue weighted by molar-refractivity contribution is 7.15. The van der Waals surface area contributed by atoms with Crippen molar-refractivity contribution >= 4 is 16.9 Å². The Morgan fingerprint density at radius 1 is 1.26 bits per heavy atom. The lowest BCUT2D eigenvalue weighted by Crippen LogP contribution is -2.21. The monoisotopic (exact) mass is 270 g/mol. The first-order valence-electron chi connectivity index (χ1n) is 6.82. The molecule has 0 saturated heterocycles. The normalized spacial score (nSPS) is 15.3. The van der Waals surface area contributed by atoms with E-state index in [0.29, 0.717) is 0 Å². The number of nitrogens with one attached hydrogen (secondary N) is 1. The lowest BCUT2D eigenvalue weighted by molar-refractivity contribution is 0.737. The fourth-order valence-electron chi connectivity index (χ4n) is 2.29. The van der Waals surface area contributed by atoms with Crippen LogP contribution in [-0.4, -0.2) is 18.1 Å². The van der Waals surface area contributed by atoms with Gasteiger partial charge in [0.2, 0.25) is 0 Å². The van der Waals surface area contributed by atoms with Crippen LogP contribution < -0.4 is 5.32 Å². The Morgan fingerprint density at radius 2 is 2.21 bits per heavy atom. The van der Waals surface area contributed by atoms with Crippen LogP contribution >= 0.6 is 11.3 Å². The average molecular weight is 270 g/mol. The van der Waals surface area contributed by atoms with Gasteiger partial charge >= 0.3 is 0 Å². The van der Waals surface area contributed by atoms with Gasteiger partial charge in [0.15, 0.2) is 0 Å². The van der Waals surface area contributed by atoms with Gasteiger partial charge in [0.05, 0.1) is 5.69 Å². The summed E-state index contributed by atoms with van der Waals surface area (Å²) in [5, 5.41) is 3.38. The molecular weight excluding hydrogens is 252 g/mol. The predicted octanol–water partition coefficient (Wildman–Crippen LogP) is 3.75. The zero-order valence-corrected chi connectivity index (χ0v) is 12.0. The van der Waals surface area contributed by atoms with Crippen molar-refractivity contribution in [2.24, 2.45) is 0 Å². The molecule has 0 aromatic carbocycles. The molecule has 0 spiro atoms. The van der Waals surface area contributed by atoms with Gasteiger partial charge in [-0.05, 0) is 49.2 Å². The van der Waals surface area contributed by atoms with Crippen molar-refractivity contribution in [1.29, 1.82) is 0 Å². The van der Waals surface area contributed by atoms with Gasteiger partial charge in [0.1, 0.15) is 0 Å². The Kier molecular flexibility index (Phi) is 3.76. The minimum Gasteiger partial charge on any atom is -0.312 e. The van der Waals surface area contributed by atoms with Crippen LogP contribution in [0.1, 0.15) is 23.9 Å².